The topological polar surface area (TPSA) is 148 Å². The van der Waals surface area contributed by atoms with Gasteiger partial charge in [0.05, 0.1) is 0 Å². The van der Waals surface area contributed by atoms with Gasteiger partial charge in [0.1, 0.15) is 18.7 Å². The van der Waals surface area contributed by atoms with E-state index in [9.17, 15) is 19.2 Å². The van der Waals surface area contributed by atoms with Gasteiger partial charge in [-0.2, -0.15) is 0 Å². The van der Waals surface area contributed by atoms with Crippen LogP contribution in [0.4, 0.5) is 4.79 Å². The van der Waals surface area contributed by atoms with E-state index in [0.29, 0.717) is 0 Å². The predicted octanol–water partition coefficient (Wildman–Crippen LogP) is 1.36. The van der Waals surface area contributed by atoms with Gasteiger partial charge in [-0.05, 0) is 17.5 Å². The Balaban J connectivity index is 2.05. The predicted molar refractivity (Wildman–Crippen MR) is 112 cm³/mol. The fraction of sp³-hybridized carbons (Fsp3) is 0.273. The molecule has 0 aliphatic carbocycles. The first-order valence-corrected chi connectivity index (χ1v) is 9.67. The Labute approximate surface area is 179 Å². The third kappa shape index (κ3) is 8.57. The van der Waals surface area contributed by atoms with Crippen LogP contribution in [0.3, 0.4) is 0 Å². The third-order valence-corrected chi connectivity index (χ3v) is 4.41. The molecule has 2 rings (SSSR count). The average Bonchev–Trinajstić information content (AvgIpc) is 2.75. The highest BCUT2D eigenvalue weighted by molar-refractivity contribution is 5.91. The Morgan fingerprint density at radius 1 is 0.871 bits per heavy atom. The lowest BCUT2D eigenvalue weighted by atomic mass is 10.0. The van der Waals surface area contributed by atoms with E-state index in [1.165, 1.54) is 0 Å². The van der Waals surface area contributed by atoms with Crippen molar-refractivity contribution in [3.8, 4) is 0 Å². The molecule has 0 unspecified atom stereocenters. The zero-order chi connectivity index (χ0) is 22.6. The first-order chi connectivity index (χ1) is 14.8. The zero-order valence-electron chi connectivity index (χ0n) is 16.8. The Morgan fingerprint density at radius 3 is 2.00 bits per heavy atom. The molecule has 0 heterocycles. The van der Waals surface area contributed by atoms with Crippen LogP contribution < -0.4 is 16.4 Å². The maximum Gasteiger partial charge on any atom is 0.408 e. The van der Waals surface area contributed by atoms with E-state index in [2.05, 4.69) is 10.6 Å². The highest BCUT2D eigenvalue weighted by Crippen LogP contribution is 2.07. The fourth-order valence-corrected chi connectivity index (χ4v) is 2.79. The molecule has 31 heavy (non-hydrogen) atoms. The lowest BCUT2D eigenvalue weighted by Gasteiger charge is -2.21. The second-order valence-electron chi connectivity index (χ2n) is 6.84. The lowest BCUT2D eigenvalue weighted by molar-refractivity contribution is -0.137. The largest absolute Gasteiger partial charge is 0.481 e. The van der Waals surface area contributed by atoms with Gasteiger partial charge in [0.2, 0.25) is 11.8 Å². The SMILES string of the molecule is NC(=O)[C@H](CCC(=O)O)NC(=O)[C@@H](Cc1ccccc1)NC(=O)OCc1ccccc1. The Kier molecular flexibility index (Phi) is 9.03. The van der Waals surface area contributed by atoms with Crippen LogP contribution >= 0.6 is 0 Å². The summed E-state index contributed by atoms with van der Waals surface area (Å²) in [5, 5.41) is 13.7. The number of carboxylic acid groups (broad SMARTS) is 1. The number of hydrogen-bond acceptors (Lipinski definition) is 5. The van der Waals surface area contributed by atoms with Crippen molar-refractivity contribution >= 4 is 23.9 Å². The number of nitrogens with one attached hydrogen (secondary N) is 2. The summed E-state index contributed by atoms with van der Waals surface area (Å²) in [5.41, 5.74) is 6.83. The van der Waals surface area contributed by atoms with E-state index >= 15 is 0 Å². The molecule has 0 aliphatic rings. The molecule has 0 saturated carbocycles. The number of carbonyl (C=O) groups excluding carboxylic acids is 3. The monoisotopic (exact) mass is 427 g/mol. The molecule has 5 N–H and O–H groups in total. The van der Waals surface area contributed by atoms with Crippen molar-refractivity contribution in [1.82, 2.24) is 10.6 Å². The minimum absolute atomic E-state index is 0.0227. The van der Waals surface area contributed by atoms with Crippen molar-refractivity contribution in [2.45, 2.75) is 38.0 Å². The van der Waals surface area contributed by atoms with Gasteiger partial charge < -0.3 is 26.2 Å². The van der Waals surface area contributed by atoms with Crippen LogP contribution in [-0.4, -0.2) is 41.1 Å². The van der Waals surface area contributed by atoms with Crippen LogP contribution in [0.5, 0.6) is 0 Å². The van der Waals surface area contributed by atoms with E-state index < -0.39 is 36.0 Å². The van der Waals surface area contributed by atoms with Crippen molar-refractivity contribution in [2.24, 2.45) is 5.73 Å². The van der Waals surface area contributed by atoms with Gasteiger partial charge >= 0.3 is 12.1 Å². The first kappa shape index (κ1) is 23.4. The number of rotatable bonds is 11. The summed E-state index contributed by atoms with van der Waals surface area (Å²) in [7, 11) is 0. The quantitative estimate of drug-likeness (QED) is 0.426. The number of hydrogen-bond donors (Lipinski definition) is 4. The maximum atomic E-state index is 12.8. The summed E-state index contributed by atoms with van der Waals surface area (Å²) in [6.45, 7) is 0.0227. The van der Waals surface area contributed by atoms with E-state index in [-0.39, 0.29) is 25.9 Å². The summed E-state index contributed by atoms with van der Waals surface area (Å²) in [4.78, 5) is 47.4. The van der Waals surface area contributed by atoms with E-state index in [1.54, 1.807) is 36.4 Å². The van der Waals surface area contributed by atoms with E-state index in [1.807, 2.05) is 24.3 Å². The molecule has 0 aromatic heterocycles. The fourth-order valence-electron chi connectivity index (χ4n) is 2.79. The zero-order valence-corrected chi connectivity index (χ0v) is 16.8. The van der Waals surface area contributed by atoms with Gasteiger partial charge in [-0.25, -0.2) is 4.79 Å². The maximum absolute atomic E-state index is 12.8. The minimum Gasteiger partial charge on any atom is -0.481 e. The summed E-state index contributed by atoms with van der Waals surface area (Å²) in [6.07, 6.45) is -1.17. The van der Waals surface area contributed by atoms with Gasteiger partial charge in [0, 0.05) is 12.8 Å². The van der Waals surface area contributed by atoms with Crippen LogP contribution in [0.25, 0.3) is 0 Å². The molecule has 9 heteroatoms. The molecule has 3 amide bonds. The highest BCUT2D eigenvalue weighted by Gasteiger charge is 2.26. The smallest absolute Gasteiger partial charge is 0.408 e. The molecule has 0 saturated heterocycles. The molecule has 2 atom stereocenters. The summed E-state index contributed by atoms with van der Waals surface area (Å²) in [6, 6.07) is 15.8. The summed E-state index contributed by atoms with van der Waals surface area (Å²) in [5.74, 6) is -2.65. The highest BCUT2D eigenvalue weighted by atomic mass is 16.5. The van der Waals surface area contributed by atoms with Gasteiger partial charge in [-0.1, -0.05) is 60.7 Å². The van der Waals surface area contributed by atoms with Crippen LogP contribution in [-0.2, 0) is 32.1 Å². The lowest BCUT2D eigenvalue weighted by Crippen LogP contribution is -2.53. The number of primary amides is 1. The van der Waals surface area contributed by atoms with Crippen molar-refractivity contribution in [2.75, 3.05) is 0 Å². The number of ether oxygens (including phenoxy) is 1. The number of carbonyl (C=O) groups is 4. The second kappa shape index (κ2) is 12.0. The van der Waals surface area contributed by atoms with Gasteiger partial charge in [0.15, 0.2) is 0 Å². The first-order valence-electron chi connectivity index (χ1n) is 9.67. The molecular weight excluding hydrogens is 402 g/mol. The molecule has 2 aromatic carbocycles. The Hall–Kier alpha value is -3.88. The van der Waals surface area contributed by atoms with Crippen LogP contribution in [0.15, 0.2) is 60.7 Å². The molecule has 9 nitrogen and oxygen atoms in total. The van der Waals surface area contributed by atoms with E-state index in [0.717, 1.165) is 11.1 Å². The third-order valence-electron chi connectivity index (χ3n) is 4.41. The number of amides is 3. The molecule has 0 fully saturated rings. The molecule has 0 radical (unpaired) electrons. The van der Waals surface area contributed by atoms with Crippen LogP contribution in [0, 0.1) is 0 Å². The molecular formula is C22H25N3O6. The number of benzene rings is 2. The molecule has 0 aliphatic heterocycles. The average molecular weight is 427 g/mol. The molecule has 2 aromatic rings. The Morgan fingerprint density at radius 2 is 1.45 bits per heavy atom. The van der Waals surface area contributed by atoms with Crippen molar-refractivity contribution in [1.29, 1.82) is 0 Å². The van der Waals surface area contributed by atoms with Crippen molar-refractivity contribution < 1.29 is 29.0 Å². The number of carboxylic acids is 1. The summed E-state index contributed by atoms with van der Waals surface area (Å²) < 4.78 is 5.18. The van der Waals surface area contributed by atoms with E-state index in [4.69, 9.17) is 15.6 Å². The normalized spacial score (nSPS) is 12.3. The van der Waals surface area contributed by atoms with Gasteiger partial charge in [-0.3, -0.25) is 14.4 Å². The second-order valence-corrected chi connectivity index (χ2v) is 6.84. The number of alkyl carbamates (subject to hydrolysis) is 1. The van der Waals surface area contributed by atoms with Crippen LogP contribution in [0.1, 0.15) is 24.0 Å². The number of nitrogens with two attached hydrogens (primary N) is 1. The van der Waals surface area contributed by atoms with Crippen molar-refractivity contribution in [3.05, 3.63) is 71.8 Å². The molecule has 0 spiro atoms. The molecule has 164 valence electrons. The Bertz CT molecular complexity index is 889. The minimum atomic E-state index is -1.18. The van der Waals surface area contributed by atoms with Crippen molar-refractivity contribution in [3.63, 3.8) is 0 Å². The number of aliphatic carboxylic acids is 1. The molecule has 0 bridgehead atoms. The van der Waals surface area contributed by atoms with Gasteiger partial charge in [-0.15, -0.1) is 0 Å². The van der Waals surface area contributed by atoms with Crippen LogP contribution in [0.2, 0.25) is 0 Å². The summed E-state index contributed by atoms with van der Waals surface area (Å²) >= 11 is 0. The van der Waals surface area contributed by atoms with Gasteiger partial charge in [0.25, 0.3) is 0 Å². The standard InChI is InChI=1S/C22H25N3O6/c23-20(28)17(11-12-19(26)27)24-21(29)18(13-15-7-3-1-4-8-15)25-22(30)31-14-16-9-5-2-6-10-16/h1-10,17-18H,11-14H2,(H2,23,28)(H,24,29)(H,25,30)(H,26,27)/t17-,18+/m0/s1.